The third kappa shape index (κ3) is 3.50. The number of carbonyl (C=O) groups is 1. The van der Waals surface area contributed by atoms with Gasteiger partial charge in [-0.25, -0.2) is 8.78 Å². The minimum absolute atomic E-state index is 0.0656. The molecule has 1 aromatic carbocycles. The molecule has 124 valence electrons. The third-order valence-corrected chi connectivity index (χ3v) is 4.18. The Morgan fingerprint density at radius 3 is 2.83 bits per heavy atom. The molecule has 1 atom stereocenters. The molecular formula is C16H12F2N2O3S. The van der Waals surface area contributed by atoms with Gasteiger partial charge in [-0.3, -0.25) is 4.79 Å². The first kappa shape index (κ1) is 16.3. The van der Waals surface area contributed by atoms with Crippen molar-refractivity contribution in [2.45, 2.75) is 6.10 Å². The highest BCUT2D eigenvalue weighted by molar-refractivity contribution is 7.13. The Morgan fingerprint density at radius 2 is 2.12 bits per heavy atom. The lowest BCUT2D eigenvalue weighted by Crippen LogP contribution is -2.28. The molecule has 2 heterocycles. The van der Waals surface area contributed by atoms with Crippen molar-refractivity contribution in [1.29, 1.82) is 0 Å². The van der Waals surface area contributed by atoms with Gasteiger partial charge in [-0.1, -0.05) is 17.3 Å². The molecule has 0 aliphatic carbocycles. The summed E-state index contributed by atoms with van der Waals surface area (Å²) in [6.45, 7) is -0.175. The number of carbonyl (C=O) groups excluding carboxylic acids is 1. The number of nitrogens with one attached hydrogen (secondary N) is 1. The second-order valence-corrected chi connectivity index (χ2v) is 5.90. The Balaban J connectivity index is 1.62. The minimum Gasteiger partial charge on any atom is -0.387 e. The highest BCUT2D eigenvalue weighted by atomic mass is 32.1. The van der Waals surface area contributed by atoms with E-state index in [1.165, 1.54) is 23.5 Å². The van der Waals surface area contributed by atoms with Gasteiger partial charge in [0.15, 0.2) is 23.1 Å². The van der Waals surface area contributed by atoms with Crippen LogP contribution in [0.1, 0.15) is 22.2 Å². The van der Waals surface area contributed by atoms with E-state index in [2.05, 4.69) is 10.5 Å². The first-order valence-electron chi connectivity index (χ1n) is 6.96. The summed E-state index contributed by atoms with van der Waals surface area (Å²) < 4.78 is 31.1. The molecule has 8 heteroatoms. The van der Waals surface area contributed by atoms with Crippen LogP contribution in [-0.2, 0) is 0 Å². The summed E-state index contributed by atoms with van der Waals surface area (Å²) >= 11 is 1.45. The van der Waals surface area contributed by atoms with Gasteiger partial charge in [0.2, 0.25) is 0 Å². The number of rotatable bonds is 5. The summed E-state index contributed by atoms with van der Waals surface area (Å²) in [5, 5.41) is 18.0. The maximum atomic E-state index is 13.1. The fourth-order valence-corrected chi connectivity index (χ4v) is 2.71. The Morgan fingerprint density at radius 1 is 1.29 bits per heavy atom. The van der Waals surface area contributed by atoms with Crippen LogP contribution in [0.5, 0.6) is 0 Å². The average Bonchev–Trinajstić information content (AvgIpc) is 3.25. The van der Waals surface area contributed by atoms with Crippen molar-refractivity contribution < 1.29 is 23.2 Å². The molecule has 0 fully saturated rings. The van der Waals surface area contributed by atoms with Crippen molar-refractivity contribution in [3.63, 3.8) is 0 Å². The van der Waals surface area contributed by atoms with E-state index in [0.29, 0.717) is 5.76 Å². The predicted molar refractivity (Wildman–Crippen MR) is 83.5 cm³/mol. The molecule has 5 nitrogen and oxygen atoms in total. The topological polar surface area (TPSA) is 75.4 Å². The van der Waals surface area contributed by atoms with Gasteiger partial charge in [-0.05, 0) is 29.1 Å². The lowest BCUT2D eigenvalue weighted by Gasteiger charge is -2.11. The normalized spacial score (nSPS) is 12.1. The van der Waals surface area contributed by atoms with Gasteiger partial charge in [0.1, 0.15) is 0 Å². The molecule has 0 saturated carbocycles. The fourth-order valence-electron chi connectivity index (χ4n) is 2.03. The SMILES string of the molecule is O=C(NC[C@@H](O)c1ccc(F)c(F)c1)c1cc(-c2cccs2)on1. The molecule has 0 spiro atoms. The third-order valence-electron chi connectivity index (χ3n) is 3.29. The van der Waals surface area contributed by atoms with Gasteiger partial charge in [0, 0.05) is 12.6 Å². The van der Waals surface area contributed by atoms with Crippen LogP contribution in [0.25, 0.3) is 10.6 Å². The first-order chi connectivity index (χ1) is 11.5. The van der Waals surface area contributed by atoms with Gasteiger partial charge in [-0.15, -0.1) is 11.3 Å². The molecule has 1 amide bonds. The van der Waals surface area contributed by atoms with Crippen LogP contribution in [0.2, 0.25) is 0 Å². The van der Waals surface area contributed by atoms with Crippen LogP contribution in [-0.4, -0.2) is 22.7 Å². The van der Waals surface area contributed by atoms with Gasteiger partial charge in [0.05, 0.1) is 11.0 Å². The van der Waals surface area contributed by atoms with Crippen molar-refractivity contribution in [3.05, 3.63) is 64.7 Å². The van der Waals surface area contributed by atoms with Crippen molar-refractivity contribution >= 4 is 17.2 Å². The average molecular weight is 350 g/mol. The first-order valence-corrected chi connectivity index (χ1v) is 7.84. The van der Waals surface area contributed by atoms with Crippen LogP contribution in [0, 0.1) is 11.6 Å². The van der Waals surface area contributed by atoms with Crippen LogP contribution in [0.3, 0.4) is 0 Å². The number of hydrogen-bond donors (Lipinski definition) is 2. The highest BCUT2D eigenvalue weighted by Crippen LogP contribution is 2.25. The summed E-state index contributed by atoms with van der Waals surface area (Å²) in [7, 11) is 0. The van der Waals surface area contributed by atoms with Crippen molar-refractivity contribution in [3.8, 4) is 10.6 Å². The van der Waals surface area contributed by atoms with Gasteiger partial charge in [-0.2, -0.15) is 0 Å². The van der Waals surface area contributed by atoms with Gasteiger partial charge >= 0.3 is 0 Å². The molecule has 0 aliphatic heterocycles. The maximum absolute atomic E-state index is 13.1. The number of hydrogen-bond acceptors (Lipinski definition) is 5. The number of benzene rings is 1. The van der Waals surface area contributed by atoms with Crippen LogP contribution >= 0.6 is 11.3 Å². The predicted octanol–water partition coefficient (Wildman–Crippen LogP) is 3.14. The standard InChI is InChI=1S/C16H12F2N2O3S/c17-10-4-3-9(6-11(10)18)13(21)8-19-16(22)12-7-14(23-20-12)15-2-1-5-24-15/h1-7,13,21H,8H2,(H,19,22)/t13-/m1/s1. The summed E-state index contributed by atoms with van der Waals surface area (Å²) in [5.74, 6) is -2.13. The van der Waals surface area contributed by atoms with E-state index >= 15 is 0 Å². The van der Waals surface area contributed by atoms with Crippen molar-refractivity contribution in [2.75, 3.05) is 6.54 Å². The van der Waals surface area contributed by atoms with E-state index in [-0.39, 0.29) is 17.8 Å². The monoisotopic (exact) mass is 350 g/mol. The van der Waals surface area contributed by atoms with E-state index in [4.69, 9.17) is 4.52 Å². The molecule has 24 heavy (non-hydrogen) atoms. The Bertz CT molecular complexity index is 849. The Labute approximate surface area is 139 Å². The quantitative estimate of drug-likeness (QED) is 0.741. The van der Waals surface area contributed by atoms with E-state index < -0.39 is 23.6 Å². The molecule has 3 rings (SSSR count). The number of aliphatic hydroxyl groups excluding tert-OH is 1. The zero-order valence-electron chi connectivity index (χ0n) is 12.2. The number of aliphatic hydroxyl groups is 1. The summed E-state index contributed by atoms with van der Waals surface area (Å²) in [4.78, 5) is 12.8. The number of nitrogens with zero attached hydrogens (tertiary/aromatic N) is 1. The number of halogens is 2. The zero-order chi connectivity index (χ0) is 17.1. The Kier molecular flexibility index (Phi) is 4.68. The molecule has 0 saturated heterocycles. The van der Waals surface area contributed by atoms with E-state index in [0.717, 1.165) is 17.0 Å². The molecule has 3 aromatic rings. The number of thiophene rings is 1. The zero-order valence-corrected chi connectivity index (χ0v) is 13.0. The molecule has 0 radical (unpaired) electrons. The molecule has 2 aromatic heterocycles. The summed E-state index contributed by atoms with van der Waals surface area (Å²) in [5.41, 5.74) is 0.226. The van der Waals surface area contributed by atoms with Crippen LogP contribution in [0.4, 0.5) is 8.78 Å². The van der Waals surface area contributed by atoms with Crippen molar-refractivity contribution in [2.24, 2.45) is 0 Å². The van der Waals surface area contributed by atoms with Gasteiger partial charge < -0.3 is 14.9 Å². The molecule has 0 aliphatic rings. The van der Waals surface area contributed by atoms with E-state index in [1.807, 2.05) is 17.5 Å². The summed E-state index contributed by atoms with van der Waals surface area (Å²) in [6, 6.07) is 8.23. The highest BCUT2D eigenvalue weighted by Gasteiger charge is 2.16. The lowest BCUT2D eigenvalue weighted by atomic mass is 10.1. The largest absolute Gasteiger partial charge is 0.387 e. The van der Waals surface area contributed by atoms with E-state index in [9.17, 15) is 18.7 Å². The van der Waals surface area contributed by atoms with Crippen LogP contribution < -0.4 is 5.32 Å². The summed E-state index contributed by atoms with van der Waals surface area (Å²) in [6.07, 6.45) is -1.17. The second kappa shape index (κ2) is 6.90. The molecule has 0 unspecified atom stereocenters. The fraction of sp³-hybridized carbons (Fsp3) is 0.125. The Hall–Kier alpha value is -2.58. The molecule has 0 bridgehead atoms. The smallest absolute Gasteiger partial charge is 0.273 e. The molecule has 2 N–H and O–H groups in total. The number of aromatic nitrogens is 1. The molecular weight excluding hydrogens is 338 g/mol. The van der Waals surface area contributed by atoms with Gasteiger partial charge in [0.25, 0.3) is 5.91 Å². The van der Waals surface area contributed by atoms with E-state index in [1.54, 1.807) is 0 Å². The second-order valence-electron chi connectivity index (χ2n) is 4.95. The lowest BCUT2D eigenvalue weighted by molar-refractivity contribution is 0.0907. The minimum atomic E-state index is -1.17. The van der Waals surface area contributed by atoms with Crippen LogP contribution in [0.15, 0.2) is 46.3 Å². The van der Waals surface area contributed by atoms with Crippen molar-refractivity contribution in [1.82, 2.24) is 10.5 Å². The number of amides is 1. The maximum Gasteiger partial charge on any atom is 0.273 e.